The molecule has 2 aliphatic heterocycles. The molecule has 1 aromatic rings. The van der Waals surface area contributed by atoms with E-state index in [9.17, 15) is 9.59 Å². The van der Waals surface area contributed by atoms with Crippen LogP contribution in [0.3, 0.4) is 0 Å². The molecule has 1 aromatic carbocycles. The van der Waals surface area contributed by atoms with E-state index in [1.165, 1.54) is 0 Å². The summed E-state index contributed by atoms with van der Waals surface area (Å²) in [5.41, 5.74) is 1.72. The van der Waals surface area contributed by atoms with E-state index in [0.29, 0.717) is 26.1 Å². The molecule has 1 atom stereocenters. The van der Waals surface area contributed by atoms with Gasteiger partial charge < -0.3 is 14.4 Å². The van der Waals surface area contributed by atoms with Crippen LogP contribution in [0.15, 0.2) is 18.2 Å². The molecule has 0 aliphatic carbocycles. The van der Waals surface area contributed by atoms with E-state index in [2.05, 4.69) is 26.0 Å². The zero-order chi connectivity index (χ0) is 21.2. The summed E-state index contributed by atoms with van der Waals surface area (Å²) in [7, 11) is 0. The molecule has 29 heavy (non-hydrogen) atoms. The smallest absolute Gasteiger partial charge is 0.410 e. The number of nitrogens with zero attached hydrogens (tertiary/aromatic N) is 2. The molecule has 160 valence electrons. The van der Waals surface area contributed by atoms with E-state index in [1.807, 2.05) is 31.7 Å². The van der Waals surface area contributed by atoms with Gasteiger partial charge in [0, 0.05) is 32.5 Å². The van der Waals surface area contributed by atoms with Crippen LogP contribution in [0.25, 0.3) is 0 Å². The molecule has 0 N–H and O–H groups in total. The minimum Gasteiger partial charge on any atom is -0.490 e. The zero-order valence-corrected chi connectivity index (χ0v) is 18.4. The van der Waals surface area contributed by atoms with Crippen LogP contribution in [0.5, 0.6) is 5.75 Å². The number of rotatable bonds is 3. The van der Waals surface area contributed by atoms with Crippen molar-refractivity contribution in [1.82, 2.24) is 9.80 Å². The monoisotopic (exact) mass is 402 g/mol. The number of ether oxygens (including phenoxy) is 2. The molecule has 0 radical (unpaired) electrons. The van der Waals surface area contributed by atoms with Gasteiger partial charge in [0.15, 0.2) is 0 Å². The first-order chi connectivity index (χ1) is 13.7. The predicted molar refractivity (Wildman–Crippen MR) is 112 cm³/mol. The molecule has 2 fully saturated rings. The number of hydrogen-bond donors (Lipinski definition) is 0. The van der Waals surface area contributed by atoms with E-state index in [-0.39, 0.29) is 18.1 Å². The summed E-state index contributed by atoms with van der Waals surface area (Å²) in [6.45, 7) is 11.6. The molecule has 1 unspecified atom stereocenters. The fourth-order valence-corrected chi connectivity index (χ4v) is 4.12. The third-order valence-corrected chi connectivity index (χ3v) is 5.61. The summed E-state index contributed by atoms with van der Waals surface area (Å²) in [4.78, 5) is 29.1. The predicted octanol–water partition coefficient (Wildman–Crippen LogP) is 4.07. The van der Waals surface area contributed by atoms with Gasteiger partial charge in [-0.1, -0.05) is 18.2 Å². The molecule has 0 bridgehead atoms. The van der Waals surface area contributed by atoms with Crippen LogP contribution in [0.4, 0.5) is 4.79 Å². The maximum atomic E-state index is 13.1. The molecule has 2 aliphatic rings. The molecule has 6 nitrogen and oxygen atoms in total. The lowest BCUT2D eigenvalue weighted by Gasteiger charge is -2.36. The highest BCUT2D eigenvalue weighted by Crippen LogP contribution is 2.28. The maximum Gasteiger partial charge on any atom is 0.410 e. The van der Waals surface area contributed by atoms with E-state index >= 15 is 0 Å². The lowest BCUT2D eigenvalue weighted by Crippen LogP contribution is -2.51. The first kappa shape index (κ1) is 21.5. The quantitative estimate of drug-likeness (QED) is 0.765. The molecule has 0 aromatic heterocycles. The second kappa shape index (κ2) is 8.64. The molecular weight excluding hydrogens is 368 g/mol. The minimum absolute atomic E-state index is 0.0406. The van der Waals surface area contributed by atoms with Crippen molar-refractivity contribution in [2.24, 2.45) is 0 Å². The number of likely N-dealkylation sites (tertiary alicyclic amines) is 2. The first-order valence-electron chi connectivity index (χ1n) is 10.7. The number of para-hydroxylation sites is 1. The van der Waals surface area contributed by atoms with Crippen LogP contribution in [-0.4, -0.2) is 59.2 Å². The largest absolute Gasteiger partial charge is 0.490 e. The van der Waals surface area contributed by atoms with Crippen LogP contribution in [-0.2, 0) is 9.53 Å². The Labute approximate surface area is 174 Å². The van der Waals surface area contributed by atoms with Crippen LogP contribution in [0, 0.1) is 13.8 Å². The summed E-state index contributed by atoms with van der Waals surface area (Å²) < 4.78 is 11.8. The van der Waals surface area contributed by atoms with Crippen molar-refractivity contribution in [3.05, 3.63) is 29.3 Å². The number of benzene rings is 1. The van der Waals surface area contributed by atoms with Gasteiger partial charge in [-0.2, -0.15) is 0 Å². The molecule has 6 heteroatoms. The van der Waals surface area contributed by atoms with Crippen molar-refractivity contribution in [3.8, 4) is 5.75 Å². The van der Waals surface area contributed by atoms with Crippen LogP contribution >= 0.6 is 0 Å². The fraction of sp³-hybridized carbons (Fsp3) is 0.652. The van der Waals surface area contributed by atoms with Crippen molar-refractivity contribution >= 4 is 12.0 Å². The van der Waals surface area contributed by atoms with Crippen molar-refractivity contribution in [2.75, 3.05) is 19.6 Å². The number of piperidine rings is 1. The first-order valence-corrected chi connectivity index (χ1v) is 10.7. The van der Waals surface area contributed by atoms with E-state index < -0.39 is 11.6 Å². The topological polar surface area (TPSA) is 59.1 Å². The van der Waals surface area contributed by atoms with Gasteiger partial charge in [0.1, 0.15) is 23.5 Å². The normalized spacial score (nSPS) is 20.7. The van der Waals surface area contributed by atoms with E-state index in [0.717, 1.165) is 36.1 Å². The molecule has 2 amide bonds. The highest BCUT2D eigenvalue weighted by atomic mass is 16.6. The van der Waals surface area contributed by atoms with Gasteiger partial charge in [0.25, 0.3) is 0 Å². The number of carbonyl (C=O) groups excluding carboxylic acids is 2. The van der Waals surface area contributed by atoms with Gasteiger partial charge in [0.05, 0.1) is 0 Å². The number of amides is 2. The van der Waals surface area contributed by atoms with Gasteiger partial charge in [-0.3, -0.25) is 9.69 Å². The Morgan fingerprint density at radius 2 is 1.62 bits per heavy atom. The highest BCUT2D eigenvalue weighted by Gasteiger charge is 2.39. The van der Waals surface area contributed by atoms with Crippen molar-refractivity contribution in [3.63, 3.8) is 0 Å². The molecular formula is C23H34N2O4. The average Bonchev–Trinajstić information content (AvgIpc) is 3.13. The van der Waals surface area contributed by atoms with Gasteiger partial charge in [-0.25, -0.2) is 4.79 Å². The third kappa shape index (κ3) is 5.22. The standard InChI is InChI=1S/C23H34N2O4/c1-16-8-6-9-17(2)20(16)28-18-11-14-24(15-12-18)21(26)19-10-7-13-25(19)22(27)29-23(3,4)5/h6,8-9,18-19H,7,10-15H2,1-5H3. The minimum atomic E-state index is -0.559. The molecule has 3 rings (SSSR count). The Kier molecular flexibility index (Phi) is 6.39. The van der Waals surface area contributed by atoms with Gasteiger partial charge in [-0.05, 0) is 58.6 Å². The SMILES string of the molecule is Cc1cccc(C)c1OC1CCN(C(=O)C2CCCN2C(=O)OC(C)(C)C)CC1. The Morgan fingerprint density at radius 3 is 2.21 bits per heavy atom. The number of aryl methyl sites for hydroxylation is 2. The second-order valence-electron chi connectivity index (χ2n) is 9.20. The Hall–Kier alpha value is -2.24. The summed E-state index contributed by atoms with van der Waals surface area (Å²) in [5, 5.41) is 0. The molecule has 2 heterocycles. The van der Waals surface area contributed by atoms with Gasteiger partial charge >= 0.3 is 6.09 Å². The molecule has 0 saturated carbocycles. The maximum absolute atomic E-state index is 13.1. The number of carbonyl (C=O) groups is 2. The Bertz CT molecular complexity index is 727. The molecule has 0 spiro atoms. The van der Waals surface area contributed by atoms with E-state index in [4.69, 9.17) is 9.47 Å². The van der Waals surface area contributed by atoms with Crippen molar-refractivity contribution in [2.45, 2.75) is 78.0 Å². The summed E-state index contributed by atoms with van der Waals surface area (Å²) in [6.07, 6.45) is 2.88. The van der Waals surface area contributed by atoms with E-state index in [1.54, 1.807) is 4.90 Å². The van der Waals surface area contributed by atoms with Crippen LogP contribution < -0.4 is 4.74 Å². The van der Waals surface area contributed by atoms with Gasteiger partial charge in [-0.15, -0.1) is 0 Å². The highest BCUT2D eigenvalue weighted by molar-refractivity contribution is 5.86. The average molecular weight is 403 g/mol. The van der Waals surface area contributed by atoms with Crippen LogP contribution in [0.2, 0.25) is 0 Å². The van der Waals surface area contributed by atoms with Crippen LogP contribution in [0.1, 0.15) is 57.6 Å². The third-order valence-electron chi connectivity index (χ3n) is 5.61. The second-order valence-corrected chi connectivity index (χ2v) is 9.20. The Balaban J connectivity index is 1.56. The zero-order valence-electron chi connectivity index (χ0n) is 18.4. The lowest BCUT2D eigenvalue weighted by atomic mass is 10.0. The summed E-state index contributed by atoms with van der Waals surface area (Å²) >= 11 is 0. The fourth-order valence-electron chi connectivity index (χ4n) is 4.12. The summed E-state index contributed by atoms with van der Waals surface area (Å²) in [5.74, 6) is 1.00. The lowest BCUT2D eigenvalue weighted by molar-refractivity contribution is -0.137. The Morgan fingerprint density at radius 1 is 1.00 bits per heavy atom. The van der Waals surface area contributed by atoms with Crippen molar-refractivity contribution in [1.29, 1.82) is 0 Å². The molecule has 2 saturated heterocycles. The van der Waals surface area contributed by atoms with Crippen molar-refractivity contribution < 1.29 is 19.1 Å². The summed E-state index contributed by atoms with van der Waals surface area (Å²) in [6, 6.07) is 5.76. The van der Waals surface area contributed by atoms with Gasteiger partial charge in [0.2, 0.25) is 5.91 Å². The number of hydrogen-bond acceptors (Lipinski definition) is 4.